The van der Waals surface area contributed by atoms with E-state index >= 15 is 0 Å². The average Bonchev–Trinajstić information content (AvgIpc) is 2.82. The molecule has 3 aromatic carbocycles. The highest BCUT2D eigenvalue weighted by molar-refractivity contribution is 6.30. The van der Waals surface area contributed by atoms with Crippen LogP contribution in [-0.2, 0) is 4.74 Å². The number of nitrogens with zero attached hydrogens (tertiary/aromatic N) is 1. The molecule has 5 nitrogen and oxygen atoms in total. The smallest absolute Gasteiger partial charge is 0.339 e. The fourth-order valence-corrected chi connectivity index (χ4v) is 3.52. The van der Waals surface area contributed by atoms with Crippen LogP contribution in [0, 0.1) is 6.92 Å². The molecule has 0 radical (unpaired) electrons. The lowest BCUT2D eigenvalue weighted by Crippen LogP contribution is -2.15. The average molecular weight is 446 g/mol. The van der Waals surface area contributed by atoms with Gasteiger partial charge in [-0.2, -0.15) is 0 Å². The predicted octanol–water partition coefficient (Wildman–Crippen LogP) is 5.91. The first-order valence-corrected chi connectivity index (χ1v) is 10.3. The number of hydrogen-bond donors (Lipinski definition) is 0. The Bertz CT molecular complexity index is 1300. The van der Waals surface area contributed by atoms with Crippen LogP contribution in [0.25, 0.3) is 22.2 Å². The molecule has 0 saturated carbocycles. The number of para-hydroxylation sites is 1. The van der Waals surface area contributed by atoms with Crippen LogP contribution < -0.4 is 4.74 Å². The number of fused-ring (bicyclic) bond motifs is 1. The van der Waals surface area contributed by atoms with Crippen molar-refractivity contribution >= 4 is 34.3 Å². The van der Waals surface area contributed by atoms with Crippen molar-refractivity contribution in [3.63, 3.8) is 0 Å². The van der Waals surface area contributed by atoms with E-state index in [4.69, 9.17) is 26.1 Å². The number of ketones is 1. The fraction of sp³-hybridized carbons (Fsp3) is 0.115. The van der Waals surface area contributed by atoms with E-state index in [2.05, 4.69) is 0 Å². The second-order valence-electron chi connectivity index (χ2n) is 7.26. The van der Waals surface area contributed by atoms with E-state index in [1.807, 2.05) is 49.4 Å². The molecular weight excluding hydrogens is 426 g/mol. The third-order valence-corrected chi connectivity index (χ3v) is 5.40. The first kappa shape index (κ1) is 21.5. The molecule has 0 N–H and O–H groups in total. The molecule has 1 heterocycles. The summed E-state index contributed by atoms with van der Waals surface area (Å²) in [6.45, 7) is 1.57. The minimum Gasteiger partial charge on any atom is -0.497 e. The monoisotopic (exact) mass is 445 g/mol. The Morgan fingerprint density at radius 1 is 0.969 bits per heavy atom. The van der Waals surface area contributed by atoms with Crippen LogP contribution in [0.2, 0.25) is 5.02 Å². The summed E-state index contributed by atoms with van der Waals surface area (Å²) in [5.74, 6) is -0.161. The van der Waals surface area contributed by atoms with Gasteiger partial charge in [-0.1, -0.05) is 29.8 Å². The SMILES string of the molecule is COc1ccc(-c2cc(C(=O)OCC(=O)c3ccc(Cl)cc3)c3cccc(C)c3n2)cc1. The van der Waals surface area contributed by atoms with Gasteiger partial charge in [0.05, 0.1) is 23.9 Å². The number of esters is 1. The van der Waals surface area contributed by atoms with E-state index in [1.165, 1.54) is 0 Å². The van der Waals surface area contributed by atoms with Gasteiger partial charge in [-0.05, 0) is 67.1 Å². The third-order valence-electron chi connectivity index (χ3n) is 5.15. The van der Waals surface area contributed by atoms with Crippen molar-refractivity contribution in [2.75, 3.05) is 13.7 Å². The fourth-order valence-electron chi connectivity index (χ4n) is 3.40. The van der Waals surface area contributed by atoms with E-state index in [-0.39, 0.29) is 12.4 Å². The number of ether oxygens (including phenoxy) is 2. The van der Waals surface area contributed by atoms with Crippen molar-refractivity contribution in [2.45, 2.75) is 6.92 Å². The molecule has 0 amide bonds. The summed E-state index contributed by atoms with van der Waals surface area (Å²) < 4.78 is 10.6. The minimum absolute atomic E-state index is 0.306. The molecule has 0 aliphatic heterocycles. The van der Waals surface area contributed by atoms with Gasteiger partial charge in [0.15, 0.2) is 12.4 Å². The van der Waals surface area contributed by atoms with Crippen LogP contribution in [0.4, 0.5) is 0 Å². The van der Waals surface area contributed by atoms with E-state index in [9.17, 15) is 9.59 Å². The van der Waals surface area contributed by atoms with Gasteiger partial charge in [-0.3, -0.25) is 4.79 Å². The summed E-state index contributed by atoms with van der Waals surface area (Å²) >= 11 is 5.86. The number of carbonyl (C=O) groups excluding carboxylic acids is 2. The van der Waals surface area contributed by atoms with Crippen molar-refractivity contribution in [3.05, 3.63) is 94.5 Å². The molecular formula is C26H20ClNO4. The minimum atomic E-state index is -0.583. The molecule has 0 fully saturated rings. The molecule has 0 aliphatic carbocycles. The lowest BCUT2D eigenvalue weighted by molar-refractivity contribution is 0.0476. The zero-order valence-electron chi connectivity index (χ0n) is 17.6. The molecule has 0 atom stereocenters. The normalized spacial score (nSPS) is 10.7. The Balaban J connectivity index is 1.67. The molecule has 0 unspecified atom stereocenters. The first-order chi connectivity index (χ1) is 15.5. The number of rotatable bonds is 6. The highest BCUT2D eigenvalue weighted by Crippen LogP contribution is 2.28. The third kappa shape index (κ3) is 4.48. The van der Waals surface area contributed by atoms with E-state index in [0.717, 1.165) is 16.9 Å². The lowest BCUT2D eigenvalue weighted by Gasteiger charge is -2.12. The van der Waals surface area contributed by atoms with Gasteiger partial charge in [-0.15, -0.1) is 0 Å². The van der Waals surface area contributed by atoms with Crippen LogP contribution in [-0.4, -0.2) is 30.5 Å². The van der Waals surface area contributed by atoms with E-state index in [0.29, 0.717) is 32.7 Å². The molecule has 6 heteroatoms. The topological polar surface area (TPSA) is 65.5 Å². The number of Topliss-reactive ketones (excluding diaryl/α,β-unsaturated/α-hetero) is 1. The molecule has 4 rings (SSSR count). The number of carbonyl (C=O) groups is 2. The second kappa shape index (κ2) is 9.20. The van der Waals surface area contributed by atoms with Crippen molar-refractivity contribution in [1.29, 1.82) is 0 Å². The van der Waals surface area contributed by atoms with Crippen molar-refractivity contribution < 1.29 is 19.1 Å². The zero-order chi connectivity index (χ0) is 22.7. The van der Waals surface area contributed by atoms with Crippen molar-refractivity contribution in [1.82, 2.24) is 4.98 Å². The van der Waals surface area contributed by atoms with Crippen LogP contribution in [0.5, 0.6) is 5.75 Å². The number of halogens is 1. The maximum absolute atomic E-state index is 13.0. The zero-order valence-corrected chi connectivity index (χ0v) is 18.3. The van der Waals surface area contributed by atoms with Gasteiger partial charge >= 0.3 is 5.97 Å². The Morgan fingerprint density at radius 3 is 2.38 bits per heavy atom. The Kier molecular flexibility index (Phi) is 6.19. The standard InChI is InChI=1S/C26H20ClNO4/c1-16-4-3-5-21-22(26(30)32-15-24(29)18-6-10-19(27)11-7-18)14-23(28-25(16)21)17-8-12-20(31-2)13-9-17/h3-14H,15H2,1-2H3. The predicted molar refractivity (Wildman–Crippen MR) is 125 cm³/mol. The quantitative estimate of drug-likeness (QED) is 0.272. The number of pyridine rings is 1. The summed E-state index contributed by atoms with van der Waals surface area (Å²) in [5.41, 5.74) is 3.89. The van der Waals surface area contributed by atoms with Crippen LogP contribution in [0.3, 0.4) is 0 Å². The maximum Gasteiger partial charge on any atom is 0.339 e. The van der Waals surface area contributed by atoms with Gasteiger partial charge in [0, 0.05) is 21.5 Å². The van der Waals surface area contributed by atoms with E-state index < -0.39 is 5.97 Å². The number of methoxy groups -OCH3 is 1. The van der Waals surface area contributed by atoms with Crippen LogP contribution in [0.1, 0.15) is 26.3 Å². The molecule has 0 aliphatic rings. The van der Waals surface area contributed by atoms with Crippen LogP contribution in [0.15, 0.2) is 72.8 Å². The summed E-state index contributed by atoms with van der Waals surface area (Å²) in [4.78, 5) is 30.2. The highest BCUT2D eigenvalue weighted by atomic mass is 35.5. The lowest BCUT2D eigenvalue weighted by atomic mass is 10.0. The molecule has 4 aromatic rings. The maximum atomic E-state index is 13.0. The molecule has 0 saturated heterocycles. The van der Waals surface area contributed by atoms with Crippen LogP contribution >= 0.6 is 11.6 Å². The van der Waals surface area contributed by atoms with Gasteiger partial charge in [0.1, 0.15) is 5.75 Å². The second-order valence-corrected chi connectivity index (χ2v) is 7.70. The largest absolute Gasteiger partial charge is 0.497 e. The summed E-state index contributed by atoms with van der Waals surface area (Å²) in [7, 11) is 1.60. The van der Waals surface area contributed by atoms with Crippen molar-refractivity contribution in [2.24, 2.45) is 0 Å². The number of aromatic nitrogens is 1. The van der Waals surface area contributed by atoms with Gasteiger partial charge in [-0.25, -0.2) is 9.78 Å². The number of benzene rings is 3. The van der Waals surface area contributed by atoms with Gasteiger partial charge in [0.25, 0.3) is 0 Å². The number of aryl methyl sites for hydroxylation is 1. The summed E-state index contributed by atoms with van der Waals surface area (Å²) in [6, 6.07) is 21.2. The number of hydrogen-bond acceptors (Lipinski definition) is 5. The molecule has 160 valence electrons. The first-order valence-electron chi connectivity index (χ1n) is 9.97. The molecule has 32 heavy (non-hydrogen) atoms. The van der Waals surface area contributed by atoms with Gasteiger partial charge < -0.3 is 9.47 Å². The Morgan fingerprint density at radius 2 is 1.69 bits per heavy atom. The molecule has 0 bridgehead atoms. The Labute approximate surface area is 190 Å². The summed E-state index contributed by atoms with van der Waals surface area (Å²) in [5, 5.41) is 1.20. The molecule has 1 aromatic heterocycles. The highest BCUT2D eigenvalue weighted by Gasteiger charge is 2.18. The van der Waals surface area contributed by atoms with E-state index in [1.54, 1.807) is 37.4 Å². The molecule has 0 spiro atoms. The summed E-state index contributed by atoms with van der Waals surface area (Å²) in [6.07, 6.45) is 0. The Hall–Kier alpha value is -3.70. The van der Waals surface area contributed by atoms with Gasteiger partial charge in [0.2, 0.25) is 0 Å². The van der Waals surface area contributed by atoms with Crippen molar-refractivity contribution in [3.8, 4) is 17.0 Å².